The lowest BCUT2D eigenvalue weighted by Gasteiger charge is -2.15. The average molecular weight is 314 g/mol. The molecule has 6 heteroatoms. The molecule has 0 spiro atoms. The Labute approximate surface area is 135 Å². The van der Waals surface area contributed by atoms with Crippen LogP contribution in [-0.4, -0.2) is 45.0 Å². The van der Waals surface area contributed by atoms with E-state index in [9.17, 15) is 9.90 Å². The largest absolute Gasteiger partial charge is 0.391 e. The van der Waals surface area contributed by atoms with Gasteiger partial charge >= 0.3 is 6.03 Å². The summed E-state index contributed by atoms with van der Waals surface area (Å²) in [4.78, 5) is 13.8. The van der Waals surface area contributed by atoms with E-state index in [4.69, 9.17) is 0 Å². The van der Waals surface area contributed by atoms with E-state index in [1.54, 1.807) is 4.90 Å². The van der Waals surface area contributed by atoms with Crippen molar-refractivity contribution < 1.29 is 9.90 Å². The monoisotopic (exact) mass is 314 g/mol. The van der Waals surface area contributed by atoms with Gasteiger partial charge in [-0.3, -0.25) is 5.32 Å². The minimum Gasteiger partial charge on any atom is -0.391 e. The average Bonchev–Trinajstić information content (AvgIpc) is 3.04. The second kappa shape index (κ2) is 6.04. The summed E-state index contributed by atoms with van der Waals surface area (Å²) in [6.45, 7) is 7.01. The molecule has 1 aromatic carbocycles. The molecule has 0 aliphatic carbocycles. The first-order chi connectivity index (χ1) is 10.9. The van der Waals surface area contributed by atoms with Crippen molar-refractivity contribution in [1.82, 2.24) is 14.7 Å². The number of aryl methyl sites for hydroxylation is 3. The Hall–Kier alpha value is -2.34. The number of β-amino-alcohol motifs (C(OH)–C–C–N with tert-alkyl or cyclic N) is 1. The van der Waals surface area contributed by atoms with Crippen LogP contribution in [0.15, 0.2) is 24.3 Å². The fraction of sp³-hybridized carbons (Fsp3) is 0.412. The van der Waals surface area contributed by atoms with Gasteiger partial charge < -0.3 is 10.0 Å². The molecule has 2 amide bonds. The van der Waals surface area contributed by atoms with Gasteiger partial charge in [-0.2, -0.15) is 0 Å². The molecule has 1 aliphatic heterocycles. The van der Waals surface area contributed by atoms with Crippen LogP contribution in [0.5, 0.6) is 0 Å². The third-order valence-corrected chi connectivity index (χ3v) is 4.02. The standard InChI is InChI=1S/C17H22N4O2/c1-11-6-12(2)8-14(7-11)21-13(3)9-16(19-21)18-17(23)20-5-4-15(22)10-20/h6-9,15,22H,4-5,10H2,1-3H3,(H,18,19,23)/t15-/m1/s1. The molecule has 3 rings (SSSR count). The number of nitrogens with one attached hydrogen (secondary N) is 1. The Morgan fingerprint density at radius 1 is 1.22 bits per heavy atom. The van der Waals surface area contributed by atoms with Crippen LogP contribution < -0.4 is 5.32 Å². The molecule has 0 bridgehead atoms. The van der Waals surface area contributed by atoms with Gasteiger partial charge in [0, 0.05) is 24.8 Å². The highest BCUT2D eigenvalue weighted by Gasteiger charge is 2.25. The topological polar surface area (TPSA) is 70.4 Å². The van der Waals surface area contributed by atoms with E-state index in [2.05, 4.69) is 42.5 Å². The van der Waals surface area contributed by atoms with Gasteiger partial charge in [0.15, 0.2) is 5.82 Å². The maximum Gasteiger partial charge on any atom is 0.323 e. The molecule has 1 atom stereocenters. The molecule has 0 saturated carbocycles. The van der Waals surface area contributed by atoms with Crippen LogP contribution in [0.25, 0.3) is 5.69 Å². The summed E-state index contributed by atoms with van der Waals surface area (Å²) < 4.78 is 1.83. The maximum atomic E-state index is 12.2. The highest BCUT2D eigenvalue weighted by molar-refractivity contribution is 5.88. The molecule has 1 aromatic heterocycles. The summed E-state index contributed by atoms with van der Waals surface area (Å²) in [6.07, 6.45) is 0.207. The van der Waals surface area contributed by atoms with E-state index < -0.39 is 6.10 Å². The molecular weight excluding hydrogens is 292 g/mol. The maximum absolute atomic E-state index is 12.2. The second-order valence-corrected chi connectivity index (χ2v) is 6.25. The van der Waals surface area contributed by atoms with E-state index in [1.807, 2.05) is 17.7 Å². The van der Waals surface area contributed by atoms with Gasteiger partial charge in [0.2, 0.25) is 0 Å². The van der Waals surface area contributed by atoms with Crippen LogP contribution in [0.3, 0.4) is 0 Å². The van der Waals surface area contributed by atoms with Crippen LogP contribution in [0.2, 0.25) is 0 Å². The smallest absolute Gasteiger partial charge is 0.323 e. The Morgan fingerprint density at radius 3 is 2.52 bits per heavy atom. The van der Waals surface area contributed by atoms with Crippen molar-refractivity contribution in [2.75, 3.05) is 18.4 Å². The van der Waals surface area contributed by atoms with Gasteiger partial charge in [0.1, 0.15) is 0 Å². The van der Waals surface area contributed by atoms with Crippen molar-refractivity contribution in [3.63, 3.8) is 0 Å². The molecule has 122 valence electrons. The van der Waals surface area contributed by atoms with E-state index in [0.717, 1.165) is 11.4 Å². The molecular formula is C17H22N4O2. The number of carbonyl (C=O) groups is 1. The van der Waals surface area contributed by atoms with Crippen LogP contribution in [0.4, 0.5) is 10.6 Å². The zero-order valence-corrected chi connectivity index (χ0v) is 13.7. The lowest BCUT2D eigenvalue weighted by atomic mass is 10.1. The summed E-state index contributed by atoms with van der Waals surface area (Å²) in [6, 6.07) is 7.88. The lowest BCUT2D eigenvalue weighted by Crippen LogP contribution is -2.33. The van der Waals surface area contributed by atoms with E-state index >= 15 is 0 Å². The normalized spacial score (nSPS) is 17.6. The molecule has 2 heterocycles. The van der Waals surface area contributed by atoms with E-state index in [1.165, 1.54) is 11.1 Å². The molecule has 0 unspecified atom stereocenters. The molecule has 23 heavy (non-hydrogen) atoms. The van der Waals surface area contributed by atoms with Crippen LogP contribution >= 0.6 is 0 Å². The summed E-state index contributed by atoms with van der Waals surface area (Å²) >= 11 is 0. The predicted octanol–water partition coefficient (Wildman–Crippen LogP) is 2.40. The number of amides is 2. The lowest BCUT2D eigenvalue weighted by molar-refractivity contribution is 0.176. The SMILES string of the molecule is Cc1cc(C)cc(-n2nc(NC(=O)N3CC[C@@H](O)C3)cc2C)c1. The third-order valence-electron chi connectivity index (χ3n) is 4.02. The number of nitrogens with zero attached hydrogens (tertiary/aromatic N) is 3. The van der Waals surface area contributed by atoms with Gasteiger partial charge in [-0.05, 0) is 50.5 Å². The zero-order valence-electron chi connectivity index (χ0n) is 13.7. The number of rotatable bonds is 2. The van der Waals surface area contributed by atoms with Crippen LogP contribution in [0, 0.1) is 20.8 Å². The predicted molar refractivity (Wildman–Crippen MR) is 89.0 cm³/mol. The molecule has 2 N–H and O–H groups in total. The summed E-state index contributed by atoms with van der Waals surface area (Å²) in [5, 5.41) is 16.8. The van der Waals surface area contributed by atoms with Crippen molar-refractivity contribution >= 4 is 11.8 Å². The number of hydrogen-bond acceptors (Lipinski definition) is 3. The van der Waals surface area contributed by atoms with E-state index in [-0.39, 0.29) is 6.03 Å². The molecule has 6 nitrogen and oxygen atoms in total. The first-order valence-electron chi connectivity index (χ1n) is 7.82. The highest BCUT2D eigenvalue weighted by atomic mass is 16.3. The number of aliphatic hydroxyl groups excluding tert-OH is 1. The first-order valence-corrected chi connectivity index (χ1v) is 7.82. The number of benzene rings is 1. The number of aromatic nitrogens is 2. The van der Waals surface area contributed by atoms with Crippen LogP contribution in [-0.2, 0) is 0 Å². The van der Waals surface area contributed by atoms with Crippen molar-refractivity contribution in [3.8, 4) is 5.69 Å². The number of aliphatic hydroxyl groups is 1. The second-order valence-electron chi connectivity index (χ2n) is 6.25. The zero-order chi connectivity index (χ0) is 16.6. The molecule has 0 radical (unpaired) electrons. The van der Waals surface area contributed by atoms with Crippen molar-refractivity contribution in [2.24, 2.45) is 0 Å². The Bertz CT molecular complexity index is 718. The van der Waals surface area contributed by atoms with Gasteiger partial charge in [-0.25, -0.2) is 9.48 Å². The number of likely N-dealkylation sites (tertiary alicyclic amines) is 1. The fourth-order valence-electron chi connectivity index (χ4n) is 2.98. The number of hydrogen-bond donors (Lipinski definition) is 2. The van der Waals surface area contributed by atoms with Crippen molar-refractivity contribution in [3.05, 3.63) is 41.1 Å². The highest BCUT2D eigenvalue weighted by Crippen LogP contribution is 2.19. The Morgan fingerprint density at radius 2 is 1.91 bits per heavy atom. The van der Waals surface area contributed by atoms with Gasteiger partial charge in [-0.15, -0.1) is 5.10 Å². The van der Waals surface area contributed by atoms with Crippen LogP contribution in [0.1, 0.15) is 23.2 Å². The third kappa shape index (κ3) is 3.37. The first kappa shape index (κ1) is 15.6. The Kier molecular flexibility index (Phi) is 4.09. The minimum absolute atomic E-state index is 0.216. The Balaban J connectivity index is 1.79. The molecule has 1 aliphatic rings. The fourth-order valence-corrected chi connectivity index (χ4v) is 2.98. The van der Waals surface area contributed by atoms with Gasteiger partial charge in [0.25, 0.3) is 0 Å². The molecule has 1 saturated heterocycles. The summed E-state index contributed by atoms with van der Waals surface area (Å²) in [7, 11) is 0. The van der Waals surface area contributed by atoms with E-state index in [0.29, 0.717) is 25.3 Å². The summed E-state index contributed by atoms with van der Waals surface area (Å²) in [5.74, 6) is 0.521. The quantitative estimate of drug-likeness (QED) is 0.894. The van der Waals surface area contributed by atoms with Crippen molar-refractivity contribution in [1.29, 1.82) is 0 Å². The number of carbonyl (C=O) groups excluding carboxylic acids is 1. The number of anilines is 1. The minimum atomic E-state index is -0.421. The molecule has 2 aromatic rings. The summed E-state index contributed by atoms with van der Waals surface area (Å²) in [5.41, 5.74) is 4.28. The molecule has 1 fully saturated rings. The van der Waals surface area contributed by atoms with Crippen molar-refractivity contribution in [2.45, 2.75) is 33.3 Å². The van der Waals surface area contributed by atoms with Gasteiger partial charge in [0.05, 0.1) is 11.8 Å². The van der Waals surface area contributed by atoms with Gasteiger partial charge in [-0.1, -0.05) is 6.07 Å². The number of urea groups is 1.